The Labute approximate surface area is 151 Å². The quantitative estimate of drug-likeness (QED) is 0.779. The highest BCUT2D eigenvalue weighted by Gasteiger charge is 2.34. The number of aromatic nitrogens is 6. The van der Waals surface area contributed by atoms with Crippen molar-refractivity contribution in [3.63, 3.8) is 0 Å². The Balaban J connectivity index is 1.60. The van der Waals surface area contributed by atoms with Gasteiger partial charge in [-0.05, 0) is 38.8 Å². The van der Waals surface area contributed by atoms with Crippen molar-refractivity contribution in [3.05, 3.63) is 47.8 Å². The van der Waals surface area contributed by atoms with Crippen LogP contribution in [-0.2, 0) is 6.54 Å². The van der Waals surface area contributed by atoms with E-state index in [4.69, 9.17) is 0 Å². The lowest BCUT2D eigenvalue weighted by Gasteiger charge is -2.22. The monoisotopic (exact) mass is 351 g/mol. The standard InChI is InChI=1S/C18H21N7O/c1-3-24-11-14(12(2)23-24)18(26)25-10-4-5-15(25)17-20-16(21-22-17)13-6-8-19-9-7-13/h6-9,11,15H,3-5,10H2,1-2H3,(H,20,21,22)/t15-/m1/s1. The molecule has 3 aromatic rings. The zero-order chi connectivity index (χ0) is 18.1. The largest absolute Gasteiger partial charge is 0.328 e. The van der Waals surface area contributed by atoms with E-state index in [1.54, 1.807) is 17.1 Å². The zero-order valence-corrected chi connectivity index (χ0v) is 14.9. The number of nitrogens with zero attached hydrogens (tertiary/aromatic N) is 6. The summed E-state index contributed by atoms with van der Waals surface area (Å²) in [7, 11) is 0. The minimum Gasteiger partial charge on any atom is -0.328 e. The summed E-state index contributed by atoms with van der Waals surface area (Å²) >= 11 is 0. The fraction of sp³-hybridized carbons (Fsp3) is 0.389. The normalized spacial score (nSPS) is 17.0. The van der Waals surface area contributed by atoms with Crippen molar-refractivity contribution in [1.82, 2.24) is 34.8 Å². The molecule has 0 aliphatic carbocycles. The lowest BCUT2D eigenvalue weighted by atomic mass is 10.2. The molecule has 0 radical (unpaired) electrons. The first-order chi connectivity index (χ1) is 12.7. The first kappa shape index (κ1) is 16.4. The highest BCUT2D eigenvalue weighted by molar-refractivity contribution is 5.95. The molecule has 1 atom stereocenters. The molecular weight excluding hydrogens is 330 g/mol. The van der Waals surface area contributed by atoms with Crippen LogP contribution in [0.25, 0.3) is 11.4 Å². The number of hydrogen-bond acceptors (Lipinski definition) is 5. The number of aromatic amines is 1. The van der Waals surface area contributed by atoms with Crippen molar-refractivity contribution in [2.75, 3.05) is 6.54 Å². The molecule has 8 nitrogen and oxygen atoms in total. The Morgan fingerprint density at radius 3 is 2.88 bits per heavy atom. The molecule has 1 N–H and O–H groups in total. The van der Waals surface area contributed by atoms with Crippen molar-refractivity contribution in [2.24, 2.45) is 0 Å². The number of likely N-dealkylation sites (tertiary alicyclic amines) is 1. The predicted molar refractivity (Wildman–Crippen MR) is 95.3 cm³/mol. The third-order valence-electron chi connectivity index (χ3n) is 4.77. The lowest BCUT2D eigenvalue weighted by Crippen LogP contribution is -2.31. The average Bonchev–Trinajstić information content (AvgIpc) is 3.40. The maximum atomic E-state index is 13.1. The Bertz CT molecular complexity index is 915. The molecule has 3 aromatic heterocycles. The molecule has 26 heavy (non-hydrogen) atoms. The van der Waals surface area contributed by atoms with Gasteiger partial charge in [0, 0.05) is 37.2 Å². The molecule has 1 fully saturated rings. The van der Waals surface area contributed by atoms with Crippen LogP contribution in [0.5, 0.6) is 0 Å². The van der Waals surface area contributed by atoms with Crippen molar-refractivity contribution < 1.29 is 4.79 Å². The fourth-order valence-electron chi connectivity index (χ4n) is 3.39. The van der Waals surface area contributed by atoms with E-state index in [-0.39, 0.29) is 11.9 Å². The van der Waals surface area contributed by atoms with Crippen LogP contribution in [0.15, 0.2) is 30.7 Å². The van der Waals surface area contributed by atoms with E-state index in [9.17, 15) is 4.79 Å². The third-order valence-corrected chi connectivity index (χ3v) is 4.77. The molecule has 8 heteroatoms. The number of rotatable bonds is 4. The van der Waals surface area contributed by atoms with Crippen LogP contribution < -0.4 is 0 Å². The van der Waals surface area contributed by atoms with Crippen LogP contribution >= 0.6 is 0 Å². The summed E-state index contributed by atoms with van der Waals surface area (Å²) in [6.45, 7) is 5.34. The summed E-state index contributed by atoms with van der Waals surface area (Å²) < 4.78 is 1.80. The number of carbonyl (C=O) groups is 1. The molecule has 0 saturated carbocycles. The van der Waals surface area contributed by atoms with Gasteiger partial charge in [-0.15, -0.1) is 0 Å². The summed E-state index contributed by atoms with van der Waals surface area (Å²) in [6, 6.07) is 3.65. The number of amides is 1. The highest BCUT2D eigenvalue weighted by atomic mass is 16.2. The van der Waals surface area contributed by atoms with Crippen molar-refractivity contribution in [2.45, 2.75) is 39.3 Å². The molecule has 0 bridgehead atoms. The first-order valence-electron chi connectivity index (χ1n) is 8.85. The minimum absolute atomic E-state index is 0.00608. The molecule has 0 unspecified atom stereocenters. The lowest BCUT2D eigenvalue weighted by molar-refractivity contribution is 0.0729. The van der Waals surface area contributed by atoms with Crippen LogP contribution in [0.2, 0.25) is 0 Å². The second-order valence-corrected chi connectivity index (χ2v) is 6.42. The summed E-state index contributed by atoms with van der Waals surface area (Å²) in [4.78, 5) is 23.6. The number of hydrogen-bond donors (Lipinski definition) is 1. The number of aryl methyl sites for hydroxylation is 2. The van der Waals surface area contributed by atoms with Gasteiger partial charge in [0.05, 0.1) is 17.3 Å². The molecule has 1 amide bonds. The van der Waals surface area contributed by atoms with E-state index in [0.29, 0.717) is 17.9 Å². The summed E-state index contributed by atoms with van der Waals surface area (Å²) in [5.74, 6) is 1.35. The Kier molecular flexibility index (Phi) is 4.24. The zero-order valence-electron chi connectivity index (χ0n) is 14.9. The Morgan fingerprint density at radius 1 is 1.35 bits per heavy atom. The highest BCUT2D eigenvalue weighted by Crippen LogP contribution is 2.32. The predicted octanol–water partition coefficient (Wildman–Crippen LogP) is 2.37. The maximum Gasteiger partial charge on any atom is 0.257 e. The van der Waals surface area contributed by atoms with Crippen LogP contribution in [0.4, 0.5) is 0 Å². The summed E-state index contributed by atoms with van der Waals surface area (Å²) in [5, 5.41) is 11.7. The molecule has 4 heterocycles. The van der Waals surface area contributed by atoms with E-state index in [0.717, 1.165) is 36.5 Å². The number of nitrogens with one attached hydrogen (secondary N) is 1. The second kappa shape index (κ2) is 6.70. The van der Waals surface area contributed by atoms with E-state index in [2.05, 4.69) is 25.3 Å². The molecule has 1 aliphatic rings. The van der Waals surface area contributed by atoms with Gasteiger partial charge in [-0.2, -0.15) is 10.2 Å². The number of pyridine rings is 1. The van der Waals surface area contributed by atoms with Crippen molar-refractivity contribution in [3.8, 4) is 11.4 Å². The van der Waals surface area contributed by atoms with Gasteiger partial charge < -0.3 is 4.90 Å². The van der Waals surface area contributed by atoms with Crippen LogP contribution in [0.1, 0.15) is 47.7 Å². The van der Waals surface area contributed by atoms with Gasteiger partial charge in [0.1, 0.15) is 5.82 Å². The second-order valence-electron chi connectivity index (χ2n) is 6.42. The van der Waals surface area contributed by atoms with Crippen LogP contribution in [0.3, 0.4) is 0 Å². The summed E-state index contributed by atoms with van der Waals surface area (Å²) in [5.41, 5.74) is 2.32. The SMILES string of the molecule is CCn1cc(C(=O)N2CCC[C@@H]2c2nc(-c3ccncc3)n[nH]2)c(C)n1. The molecular formula is C18H21N7O. The number of H-pyrrole nitrogens is 1. The van der Waals surface area contributed by atoms with Gasteiger partial charge >= 0.3 is 0 Å². The van der Waals surface area contributed by atoms with Gasteiger partial charge in [0.25, 0.3) is 5.91 Å². The van der Waals surface area contributed by atoms with E-state index >= 15 is 0 Å². The van der Waals surface area contributed by atoms with Gasteiger partial charge in [-0.3, -0.25) is 19.6 Å². The molecule has 1 aliphatic heterocycles. The van der Waals surface area contributed by atoms with E-state index < -0.39 is 0 Å². The van der Waals surface area contributed by atoms with Gasteiger partial charge in [0.15, 0.2) is 5.82 Å². The Hall–Kier alpha value is -3.03. The van der Waals surface area contributed by atoms with E-state index in [1.165, 1.54) is 0 Å². The smallest absolute Gasteiger partial charge is 0.257 e. The van der Waals surface area contributed by atoms with Crippen molar-refractivity contribution in [1.29, 1.82) is 0 Å². The van der Waals surface area contributed by atoms with Gasteiger partial charge in [0.2, 0.25) is 0 Å². The van der Waals surface area contributed by atoms with Gasteiger partial charge in [-0.25, -0.2) is 4.98 Å². The molecule has 0 aromatic carbocycles. The first-order valence-corrected chi connectivity index (χ1v) is 8.85. The van der Waals surface area contributed by atoms with Crippen molar-refractivity contribution >= 4 is 5.91 Å². The minimum atomic E-state index is -0.0880. The number of carbonyl (C=O) groups excluding carboxylic acids is 1. The Morgan fingerprint density at radius 2 is 2.15 bits per heavy atom. The van der Waals surface area contributed by atoms with Gasteiger partial charge in [-0.1, -0.05) is 0 Å². The molecule has 1 saturated heterocycles. The third kappa shape index (κ3) is 2.87. The average molecular weight is 351 g/mol. The van der Waals surface area contributed by atoms with Crippen LogP contribution in [0, 0.1) is 6.92 Å². The molecule has 4 rings (SSSR count). The topological polar surface area (TPSA) is 92.6 Å². The van der Waals surface area contributed by atoms with E-state index in [1.807, 2.05) is 37.1 Å². The maximum absolute atomic E-state index is 13.1. The molecule has 0 spiro atoms. The van der Waals surface area contributed by atoms with Crippen LogP contribution in [-0.4, -0.2) is 47.3 Å². The molecule has 134 valence electrons. The summed E-state index contributed by atoms with van der Waals surface area (Å²) in [6.07, 6.45) is 7.08. The fourth-order valence-corrected chi connectivity index (χ4v) is 3.39.